The molecular formula is C12H23N3O. The van der Waals surface area contributed by atoms with Gasteiger partial charge in [0.15, 0.2) is 0 Å². The summed E-state index contributed by atoms with van der Waals surface area (Å²) in [6, 6.07) is 2.42. The molecule has 0 bridgehead atoms. The van der Waals surface area contributed by atoms with E-state index in [9.17, 15) is 0 Å². The van der Waals surface area contributed by atoms with Gasteiger partial charge in [0.2, 0.25) is 0 Å². The van der Waals surface area contributed by atoms with Crippen molar-refractivity contribution in [2.75, 3.05) is 13.2 Å². The van der Waals surface area contributed by atoms with Crippen LogP contribution < -0.4 is 5.32 Å². The molecule has 0 aliphatic heterocycles. The SMILES string of the molecule is CCOCC(NCc1ccn(C)n1)C(C)C. The maximum atomic E-state index is 5.46. The summed E-state index contributed by atoms with van der Waals surface area (Å²) >= 11 is 0. The van der Waals surface area contributed by atoms with Gasteiger partial charge in [-0.3, -0.25) is 4.68 Å². The van der Waals surface area contributed by atoms with Crippen LogP contribution in [0, 0.1) is 5.92 Å². The van der Waals surface area contributed by atoms with Crippen molar-refractivity contribution in [2.24, 2.45) is 13.0 Å². The summed E-state index contributed by atoms with van der Waals surface area (Å²) in [7, 11) is 1.93. The van der Waals surface area contributed by atoms with Crippen molar-refractivity contribution in [1.29, 1.82) is 0 Å². The second-order valence-corrected chi connectivity index (χ2v) is 4.37. The second-order valence-electron chi connectivity index (χ2n) is 4.37. The highest BCUT2D eigenvalue weighted by Crippen LogP contribution is 2.04. The zero-order valence-corrected chi connectivity index (χ0v) is 10.7. The summed E-state index contributed by atoms with van der Waals surface area (Å²) in [6.07, 6.45) is 1.96. The summed E-state index contributed by atoms with van der Waals surface area (Å²) < 4.78 is 7.29. The van der Waals surface area contributed by atoms with E-state index >= 15 is 0 Å². The Bertz CT molecular complexity index is 296. The fourth-order valence-corrected chi connectivity index (χ4v) is 1.53. The highest BCUT2D eigenvalue weighted by molar-refractivity contribution is 4.98. The van der Waals surface area contributed by atoms with Crippen LogP contribution in [-0.2, 0) is 18.3 Å². The largest absolute Gasteiger partial charge is 0.380 e. The van der Waals surface area contributed by atoms with E-state index in [1.54, 1.807) is 0 Å². The van der Waals surface area contributed by atoms with Crippen LogP contribution in [0.1, 0.15) is 26.5 Å². The quantitative estimate of drug-likeness (QED) is 0.765. The molecule has 1 N–H and O–H groups in total. The van der Waals surface area contributed by atoms with Crippen molar-refractivity contribution < 1.29 is 4.74 Å². The van der Waals surface area contributed by atoms with Crippen molar-refractivity contribution in [2.45, 2.75) is 33.4 Å². The summed E-state index contributed by atoms with van der Waals surface area (Å²) in [6.45, 7) is 8.77. The Balaban J connectivity index is 2.37. The van der Waals surface area contributed by atoms with Crippen LogP contribution in [0.25, 0.3) is 0 Å². The maximum absolute atomic E-state index is 5.46. The minimum Gasteiger partial charge on any atom is -0.380 e. The first kappa shape index (κ1) is 13.2. The van der Waals surface area contributed by atoms with Gasteiger partial charge in [0, 0.05) is 32.4 Å². The minimum atomic E-state index is 0.391. The number of aromatic nitrogens is 2. The number of aryl methyl sites for hydroxylation is 1. The molecule has 0 amide bonds. The van der Waals surface area contributed by atoms with E-state index in [0.717, 1.165) is 25.5 Å². The standard InChI is InChI=1S/C12H23N3O/c1-5-16-9-12(10(2)3)13-8-11-6-7-15(4)14-11/h6-7,10,12-13H,5,8-9H2,1-4H3. The van der Waals surface area contributed by atoms with E-state index < -0.39 is 0 Å². The third-order valence-electron chi connectivity index (χ3n) is 2.62. The molecule has 0 aliphatic carbocycles. The van der Waals surface area contributed by atoms with E-state index in [0.29, 0.717) is 12.0 Å². The molecule has 1 rings (SSSR count). The molecule has 0 aromatic carbocycles. The van der Waals surface area contributed by atoms with E-state index in [-0.39, 0.29) is 0 Å². The van der Waals surface area contributed by atoms with Crippen LogP contribution in [0.3, 0.4) is 0 Å². The molecule has 1 aromatic heterocycles. The van der Waals surface area contributed by atoms with Crippen LogP contribution >= 0.6 is 0 Å². The predicted molar refractivity (Wildman–Crippen MR) is 65.2 cm³/mol. The number of rotatable bonds is 7. The molecule has 0 saturated carbocycles. The molecule has 1 unspecified atom stereocenters. The molecule has 92 valence electrons. The lowest BCUT2D eigenvalue weighted by Crippen LogP contribution is -2.37. The average Bonchev–Trinajstić information content (AvgIpc) is 2.64. The predicted octanol–water partition coefficient (Wildman–Crippen LogP) is 1.57. The number of hydrogen-bond acceptors (Lipinski definition) is 3. The molecule has 0 saturated heterocycles. The van der Waals surface area contributed by atoms with Gasteiger partial charge in [0.05, 0.1) is 12.3 Å². The number of nitrogens with one attached hydrogen (secondary N) is 1. The molecule has 16 heavy (non-hydrogen) atoms. The zero-order valence-electron chi connectivity index (χ0n) is 10.7. The van der Waals surface area contributed by atoms with Crippen molar-refractivity contribution >= 4 is 0 Å². The molecule has 0 spiro atoms. The normalized spacial score (nSPS) is 13.3. The lowest BCUT2D eigenvalue weighted by Gasteiger charge is -2.21. The first-order valence-electron chi connectivity index (χ1n) is 5.93. The molecule has 0 fully saturated rings. The van der Waals surface area contributed by atoms with E-state index in [1.807, 2.05) is 30.9 Å². The summed E-state index contributed by atoms with van der Waals surface area (Å²) in [5.41, 5.74) is 1.07. The molecule has 0 aliphatic rings. The summed E-state index contributed by atoms with van der Waals surface area (Å²) in [5, 5.41) is 7.82. The zero-order chi connectivity index (χ0) is 12.0. The Morgan fingerprint density at radius 2 is 2.25 bits per heavy atom. The Hall–Kier alpha value is -0.870. The molecule has 1 aromatic rings. The van der Waals surface area contributed by atoms with Gasteiger partial charge < -0.3 is 10.1 Å². The molecule has 4 nitrogen and oxygen atoms in total. The smallest absolute Gasteiger partial charge is 0.0762 e. The average molecular weight is 225 g/mol. The van der Waals surface area contributed by atoms with E-state index in [1.165, 1.54) is 0 Å². The second kappa shape index (κ2) is 6.66. The monoisotopic (exact) mass is 225 g/mol. The highest BCUT2D eigenvalue weighted by atomic mass is 16.5. The molecule has 0 radical (unpaired) electrons. The van der Waals surface area contributed by atoms with Crippen molar-refractivity contribution in [3.8, 4) is 0 Å². The van der Waals surface area contributed by atoms with E-state index in [4.69, 9.17) is 4.74 Å². The highest BCUT2D eigenvalue weighted by Gasteiger charge is 2.12. The van der Waals surface area contributed by atoms with Crippen molar-refractivity contribution in [1.82, 2.24) is 15.1 Å². The fourth-order valence-electron chi connectivity index (χ4n) is 1.53. The van der Waals surface area contributed by atoms with Gasteiger partial charge in [-0.2, -0.15) is 5.10 Å². The number of ether oxygens (including phenoxy) is 1. The lowest BCUT2D eigenvalue weighted by atomic mass is 10.1. The Kier molecular flexibility index (Phi) is 5.49. The fraction of sp³-hybridized carbons (Fsp3) is 0.750. The third kappa shape index (κ3) is 4.33. The molecular weight excluding hydrogens is 202 g/mol. The maximum Gasteiger partial charge on any atom is 0.0762 e. The van der Waals surface area contributed by atoms with Gasteiger partial charge >= 0.3 is 0 Å². The van der Waals surface area contributed by atoms with Gasteiger partial charge in [-0.05, 0) is 18.9 Å². The topological polar surface area (TPSA) is 39.1 Å². The van der Waals surface area contributed by atoms with Crippen molar-refractivity contribution in [3.05, 3.63) is 18.0 Å². The lowest BCUT2D eigenvalue weighted by molar-refractivity contribution is 0.107. The van der Waals surface area contributed by atoms with Gasteiger partial charge in [-0.15, -0.1) is 0 Å². The summed E-state index contributed by atoms with van der Waals surface area (Å²) in [4.78, 5) is 0. The molecule has 1 heterocycles. The summed E-state index contributed by atoms with van der Waals surface area (Å²) in [5.74, 6) is 0.565. The first-order chi connectivity index (χ1) is 7.63. The number of hydrogen-bond donors (Lipinski definition) is 1. The Labute approximate surface area is 98.0 Å². The minimum absolute atomic E-state index is 0.391. The van der Waals surface area contributed by atoms with Crippen LogP contribution in [0.2, 0.25) is 0 Å². The van der Waals surface area contributed by atoms with E-state index in [2.05, 4.69) is 24.3 Å². The van der Waals surface area contributed by atoms with Gasteiger partial charge in [0.1, 0.15) is 0 Å². The van der Waals surface area contributed by atoms with Crippen LogP contribution in [0.4, 0.5) is 0 Å². The van der Waals surface area contributed by atoms with Crippen LogP contribution in [0.5, 0.6) is 0 Å². The Morgan fingerprint density at radius 1 is 1.50 bits per heavy atom. The van der Waals surface area contributed by atoms with Crippen molar-refractivity contribution in [3.63, 3.8) is 0 Å². The third-order valence-corrected chi connectivity index (χ3v) is 2.62. The first-order valence-corrected chi connectivity index (χ1v) is 5.93. The van der Waals surface area contributed by atoms with Crippen LogP contribution in [0.15, 0.2) is 12.3 Å². The van der Waals surface area contributed by atoms with Gasteiger partial charge in [-0.25, -0.2) is 0 Å². The molecule has 4 heteroatoms. The van der Waals surface area contributed by atoms with Crippen LogP contribution in [-0.4, -0.2) is 29.0 Å². The van der Waals surface area contributed by atoms with Gasteiger partial charge in [0.25, 0.3) is 0 Å². The Morgan fingerprint density at radius 3 is 2.75 bits per heavy atom. The van der Waals surface area contributed by atoms with Gasteiger partial charge in [-0.1, -0.05) is 13.8 Å². The number of nitrogens with zero attached hydrogens (tertiary/aromatic N) is 2. The molecule has 1 atom stereocenters.